The van der Waals surface area contributed by atoms with Gasteiger partial charge in [0.15, 0.2) is 5.96 Å². The standard InChI is InChI=1S/C21H32N4O2/c1-3-22-21(25-12-10-17(14-25)16-27-2)23-13-18-7-4-5-8-19(18)15-24-11-6-9-20(24)26/h4-5,7-8,17H,3,6,9-16H2,1-2H3,(H,22,23). The number of benzene rings is 1. The second-order valence-corrected chi connectivity index (χ2v) is 7.41. The number of hydrogen-bond acceptors (Lipinski definition) is 3. The molecule has 27 heavy (non-hydrogen) atoms. The van der Waals surface area contributed by atoms with Crippen LogP contribution in [0.4, 0.5) is 0 Å². The largest absolute Gasteiger partial charge is 0.384 e. The van der Waals surface area contributed by atoms with Crippen LogP contribution < -0.4 is 5.32 Å². The Bertz CT molecular complexity index is 661. The summed E-state index contributed by atoms with van der Waals surface area (Å²) in [7, 11) is 1.77. The third-order valence-corrected chi connectivity index (χ3v) is 5.37. The number of amides is 1. The highest BCUT2D eigenvalue weighted by atomic mass is 16.5. The fraction of sp³-hybridized carbons (Fsp3) is 0.619. The van der Waals surface area contributed by atoms with Gasteiger partial charge in [0.1, 0.15) is 0 Å². The first kappa shape index (κ1) is 19.7. The van der Waals surface area contributed by atoms with Crippen molar-refractivity contribution < 1.29 is 9.53 Å². The molecule has 2 aliphatic heterocycles. The van der Waals surface area contributed by atoms with Gasteiger partial charge in [-0.3, -0.25) is 4.79 Å². The van der Waals surface area contributed by atoms with Crippen molar-refractivity contribution in [3.05, 3.63) is 35.4 Å². The van der Waals surface area contributed by atoms with E-state index in [1.54, 1.807) is 7.11 Å². The average Bonchev–Trinajstić information content (AvgIpc) is 3.30. The molecular formula is C21H32N4O2. The first-order chi connectivity index (χ1) is 13.2. The van der Waals surface area contributed by atoms with E-state index in [0.717, 1.165) is 51.6 Å². The predicted octanol–water partition coefficient (Wildman–Crippen LogP) is 2.24. The highest BCUT2D eigenvalue weighted by Crippen LogP contribution is 2.19. The lowest BCUT2D eigenvalue weighted by molar-refractivity contribution is -0.128. The molecule has 0 spiro atoms. The molecule has 6 nitrogen and oxygen atoms in total. The van der Waals surface area contributed by atoms with E-state index in [2.05, 4.69) is 35.3 Å². The molecule has 2 aliphatic rings. The molecule has 2 saturated heterocycles. The molecular weight excluding hydrogens is 340 g/mol. The van der Waals surface area contributed by atoms with Gasteiger partial charge in [-0.2, -0.15) is 0 Å². The van der Waals surface area contributed by atoms with Gasteiger partial charge in [-0.25, -0.2) is 4.99 Å². The number of hydrogen-bond donors (Lipinski definition) is 1. The molecule has 0 saturated carbocycles. The number of guanidine groups is 1. The van der Waals surface area contributed by atoms with Gasteiger partial charge >= 0.3 is 0 Å². The van der Waals surface area contributed by atoms with Crippen LogP contribution in [0.3, 0.4) is 0 Å². The minimum atomic E-state index is 0.267. The molecule has 1 unspecified atom stereocenters. The highest BCUT2D eigenvalue weighted by Gasteiger charge is 2.25. The predicted molar refractivity (Wildman–Crippen MR) is 107 cm³/mol. The summed E-state index contributed by atoms with van der Waals surface area (Å²) in [5.41, 5.74) is 2.39. The van der Waals surface area contributed by atoms with Gasteiger partial charge in [-0.1, -0.05) is 24.3 Å². The Morgan fingerprint density at radius 2 is 2.11 bits per heavy atom. The van der Waals surface area contributed by atoms with Crippen LogP contribution in [0.25, 0.3) is 0 Å². The van der Waals surface area contributed by atoms with E-state index in [4.69, 9.17) is 9.73 Å². The maximum atomic E-state index is 12.0. The molecule has 0 aliphatic carbocycles. The van der Waals surface area contributed by atoms with E-state index in [9.17, 15) is 4.79 Å². The number of methoxy groups -OCH3 is 1. The zero-order valence-electron chi connectivity index (χ0n) is 16.6. The molecule has 0 aromatic heterocycles. The van der Waals surface area contributed by atoms with Gasteiger partial charge in [0.2, 0.25) is 5.91 Å². The number of nitrogens with one attached hydrogen (secondary N) is 1. The van der Waals surface area contributed by atoms with Crippen molar-refractivity contribution in [2.24, 2.45) is 10.9 Å². The summed E-state index contributed by atoms with van der Waals surface area (Å²) >= 11 is 0. The van der Waals surface area contributed by atoms with Crippen LogP contribution in [0.2, 0.25) is 0 Å². The first-order valence-electron chi connectivity index (χ1n) is 10.1. The fourth-order valence-corrected chi connectivity index (χ4v) is 3.93. The number of rotatable bonds is 7. The third kappa shape index (κ3) is 5.22. The zero-order chi connectivity index (χ0) is 19.1. The molecule has 1 N–H and O–H groups in total. The van der Waals surface area contributed by atoms with E-state index in [-0.39, 0.29) is 5.91 Å². The SMILES string of the molecule is CCNC(=NCc1ccccc1CN1CCCC1=O)N1CCC(COC)C1. The van der Waals surface area contributed by atoms with Crippen molar-refractivity contribution in [1.82, 2.24) is 15.1 Å². The van der Waals surface area contributed by atoms with Gasteiger partial charge in [0.25, 0.3) is 0 Å². The van der Waals surface area contributed by atoms with Crippen LogP contribution in [0, 0.1) is 5.92 Å². The lowest BCUT2D eigenvalue weighted by Gasteiger charge is -2.22. The Morgan fingerprint density at radius 1 is 1.30 bits per heavy atom. The van der Waals surface area contributed by atoms with Gasteiger partial charge in [-0.05, 0) is 30.9 Å². The van der Waals surface area contributed by atoms with Crippen LogP contribution in [-0.2, 0) is 22.6 Å². The van der Waals surface area contributed by atoms with Gasteiger partial charge in [0, 0.05) is 52.2 Å². The zero-order valence-corrected chi connectivity index (χ0v) is 16.6. The van der Waals surface area contributed by atoms with Crippen molar-refractivity contribution in [1.29, 1.82) is 0 Å². The third-order valence-electron chi connectivity index (χ3n) is 5.37. The van der Waals surface area contributed by atoms with Crippen LogP contribution in [0.15, 0.2) is 29.3 Å². The molecule has 0 radical (unpaired) electrons. The number of ether oxygens (including phenoxy) is 1. The number of likely N-dealkylation sites (tertiary alicyclic amines) is 2. The monoisotopic (exact) mass is 372 g/mol. The Hall–Kier alpha value is -2.08. The Kier molecular flexibility index (Phi) is 7.10. The fourth-order valence-electron chi connectivity index (χ4n) is 3.93. The molecule has 2 heterocycles. The quantitative estimate of drug-likeness (QED) is 0.589. The van der Waals surface area contributed by atoms with E-state index in [1.165, 1.54) is 11.1 Å². The highest BCUT2D eigenvalue weighted by molar-refractivity contribution is 5.80. The topological polar surface area (TPSA) is 57.2 Å². The average molecular weight is 373 g/mol. The molecule has 1 atom stereocenters. The molecule has 6 heteroatoms. The summed E-state index contributed by atoms with van der Waals surface area (Å²) in [5.74, 6) is 1.82. The summed E-state index contributed by atoms with van der Waals surface area (Å²) in [6.45, 7) is 7.97. The van der Waals surface area contributed by atoms with Gasteiger partial charge < -0.3 is 19.9 Å². The summed E-state index contributed by atoms with van der Waals surface area (Å²) in [6, 6.07) is 8.34. The van der Waals surface area contributed by atoms with Crippen LogP contribution >= 0.6 is 0 Å². The number of aliphatic imine (C=N–C) groups is 1. The van der Waals surface area contributed by atoms with Crippen molar-refractivity contribution in [2.75, 3.05) is 39.9 Å². The second-order valence-electron chi connectivity index (χ2n) is 7.41. The van der Waals surface area contributed by atoms with Crippen molar-refractivity contribution in [3.63, 3.8) is 0 Å². The van der Waals surface area contributed by atoms with Crippen molar-refractivity contribution in [2.45, 2.75) is 39.3 Å². The van der Waals surface area contributed by atoms with Crippen LogP contribution in [-0.4, -0.2) is 61.6 Å². The van der Waals surface area contributed by atoms with Crippen molar-refractivity contribution >= 4 is 11.9 Å². The van der Waals surface area contributed by atoms with E-state index in [1.807, 2.05) is 11.0 Å². The second kappa shape index (κ2) is 9.74. The van der Waals surface area contributed by atoms with Crippen LogP contribution in [0.1, 0.15) is 37.3 Å². The minimum Gasteiger partial charge on any atom is -0.384 e. The van der Waals surface area contributed by atoms with E-state index in [0.29, 0.717) is 25.4 Å². The Balaban J connectivity index is 1.68. The van der Waals surface area contributed by atoms with Crippen LogP contribution in [0.5, 0.6) is 0 Å². The summed E-state index contributed by atoms with van der Waals surface area (Å²) < 4.78 is 5.31. The maximum absolute atomic E-state index is 12.0. The molecule has 0 bridgehead atoms. The van der Waals surface area contributed by atoms with E-state index >= 15 is 0 Å². The van der Waals surface area contributed by atoms with Gasteiger partial charge in [0.05, 0.1) is 13.2 Å². The molecule has 1 amide bonds. The lowest BCUT2D eigenvalue weighted by Crippen LogP contribution is -2.40. The summed E-state index contributed by atoms with van der Waals surface area (Å²) in [6.07, 6.45) is 2.80. The maximum Gasteiger partial charge on any atom is 0.222 e. The molecule has 1 aromatic carbocycles. The molecule has 1 aromatic rings. The normalized spacial score (nSPS) is 20.6. The Labute approximate surface area is 162 Å². The first-order valence-corrected chi connectivity index (χ1v) is 10.1. The van der Waals surface area contributed by atoms with Gasteiger partial charge in [-0.15, -0.1) is 0 Å². The smallest absolute Gasteiger partial charge is 0.222 e. The number of carbonyl (C=O) groups excluding carboxylic acids is 1. The number of carbonyl (C=O) groups is 1. The number of nitrogens with zero attached hydrogens (tertiary/aromatic N) is 3. The summed E-state index contributed by atoms with van der Waals surface area (Å²) in [5, 5.41) is 3.43. The van der Waals surface area contributed by atoms with E-state index < -0.39 is 0 Å². The lowest BCUT2D eigenvalue weighted by atomic mass is 10.1. The van der Waals surface area contributed by atoms with Crippen molar-refractivity contribution in [3.8, 4) is 0 Å². The summed E-state index contributed by atoms with van der Waals surface area (Å²) in [4.78, 5) is 21.2. The minimum absolute atomic E-state index is 0.267. The Morgan fingerprint density at radius 3 is 2.81 bits per heavy atom. The molecule has 3 rings (SSSR count). The molecule has 2 fully saturated rings. The molecule has 148 valence electrons.